The van der Waals surface area contributed by atoms with Crippen molar-refractivity contribution in [3.05, 3.63) is 23.8 Å². The molecule has 1 aromatic carbocycles. The molecule has 1 heterocycles. The van der Waals surface area contributed by atoms with E-state index in [0.29, 0.717) is 11.6 Å². The average Bonchev–Trinajstić information content (AvgIpc) is 2.96. The van der Waals surface area contributed by atoms with E-state index in [1.165, 1.54) is 12.8 Å². The summed E-state index contributed by atoms with van der Waals surface area (Å²) in [4.78, 5) is 2.38. The van der Waals surface area contributed by atoms with Crippen LogP contribution in [0.2, 0.25) is 0 Å². The average molecular weight is 292 g/mol. The minimum atomic E-state index is 0.0140. The molecule has 3 N–H and O–H groups in total. The molecule has 1 saturated heterocycles. The number of nitrogens with zero attached hydrogens (tertiary/aromatic N) is 1. The van der Waals surface area contributed by atoms with E-state index in [9.17, 15) is 10.2 Å². The summed E-state index contributed by atoms with van der Waals surface area (Å²) in [6.45, 7) is 7.31. The molecule has 1 aliphatic rings. The van der Waals surface area contributed by atoms with Crippen LogP contribution in [0.1, 0.15) is 51.1 Å². The molecule has 0 saturated carbocycles. The first-order chi connectivity index (χ1) is 10.1. The summed E-state index contributed by atoms with van der Waals surface area (Å²) in [6.07, 6.45) is 4.73. The number of phenolic OH excluding ortho intramolecular Hbond substituents is 2. The van der Waals surface area contributed by atoms with Crippen LogP contribution >= 0.6 is 0 Å². The van der Waals surface area contributed by atoms with E-state index in [2.05, 4.69) is 24.1 Å². The number of hydrogen-bond donors (Lipinski definition) is 3. The van der Waals surface area contributed by atoms with Crippen LogP contribution in [0.5, 0.6) is 11.5 Å². The van der Waals surface area contributed by atoms with E-state index in [1.807, 2.05) is 0 Å². The van der Waals surface area contributed by atoms with E-state index >= 15 is 0 Å². The van der Waals surface area contributed by atoms with Crippen LogP contribution in [-0.2, 0) is 0 Å². The molecule has 1 aliphatic heterocycles. The fraction of sp³-hybridized carbons (Fsp3) is 0.647. The van der Waals surface area contributed by atoms with Gasteiger partial charge >= 0.3 is 0 Å². The summed E-state index contributed by atoms with van der Waals surface area (Å²) in [5, 5.41) is 23.7. The topological polar surface area (TPSA) is 55.7 Å². The molecule has 118 valence electrons. The van der Waals surface area contributed by atoms with Gasteiger partial charge in [-0.1, -0.05) is 19.4 Å². The van der Waals surface area contributed by atoms with Gasteiger partial charge < -0.3 is 15.5 Å². The van der Waals surface area contributed by atoms with Crippen molar-refractivity contribution in [2.45, 2.75) is 51.6 Å². The first kappa shape index (κ1) is 16.1. The highest BCUT2D eigenvalue weighted by Gasteiger charge is 2.25. The maximum atomic E-state index is 10.1. The third kappa shape index (κ3) is 4.11. The molecule has 0 aliphatic carbocycles. The molecular formula is C17H28N2O2. The maximum absolute atomic E-state index is 10.1. The Balaban J connectivity index is 2.13. The number of unbranched alkanes of at least 4 members (excludes halogenated alkanes) is 1. The number of nitrogens with one attached hydrogen (secondary N) is 1. The number of benzene rings is 1. The highest BCUT2D eigenvalue weighted by Crippen LogP contribution is 2.35. The van der Waals surface area contributed by atoms with Crippen molar-refractivity contribution in [1.29, 1.82) is 0 Å². The molecule has 21 heavy (non-hydrogen) atoms. The third-order valence-corrected chi connectivity index (χ3v) is 4.44. The molecule has 4 heteroatoms. The second-order valence-corrected chi connectivity index (χ2v) is 6.03. The number of aromatic hydroxyl groups is 2. The van der Waals surface area contributed by atoms with Crippen LogP contribution in [0.3, 0.4) is 0 Å². The van der Waals surface area contributed by atoms with Crippen LogP contribution in [0, 0.1) is 0 Å². The van der Waals surface area contributed by atoms with E-state index in [4.69, 9.17) is 0 Å². The van der Waals surface area contributed by atoms with Crippen molar-refractivity contribution in [2.24, 2.45) is 0 Å². The third-order valence-electron chi connectivity index (χ3n) is 4.44. The zero-order valence-electron chi connectivity index (χ0n) is 13.2. The van der Waals surface area contributed by atoms with E-state index in [1.54, 1.807) is 18.2 Å². The normalized spacial score (nSPS) is 20.0. The first-order valence-electron chi connectivity index (χ1n) is 8.11. The molecule has 0 amide bonds. The van der Waals surface area contributed by atoms with Gasteiger partial charge in [-0.3, -0.25) is 4.90 Å². The van der Waals surface area contributed by atoms with Crippen LogP contribution in [0.4, 0.5) is 0 Å². The second kappa shape index (κ2) is 7.66. The Hall–Kier alpha value is -1.26. The standard InChI is InChI=1S/C17H28N2O2/c1-3-4-11-19(12-14-7-6-10-18-14)13(2)17-15(20)8-5-9-16(17)21/h5,8-9,13-14,18,20-21H,3-4,6-7,10-12H2,1-2H3. The summed E-state index contributed by atoms with van der Waals surface area (Å²) in [5.74, 6) is 0.367. The zero-order chi connectivity index (χ0) is 15.2. The van der Waals surface area contributed by atoms with Crippen molar-refractivity contribution < 1.29 is 10.2 Å². The lowest BCUT2D eigenvalue weighted by molar-refractivity contribution is 0.184. The van der Waals surface area contributed by atoms with Gasteiger partial charge in [0.15, 0.2) is 0 Å². The SMILES string of the molecule is CCCCN(CC1CCCN1)C(C)c1c(O)cccc1O. The first-order valence-corrected chi connectivity index (χ1v) is 8.11. The molecule has 0 radical (unpaired) electrons. The smallest absolute Gasteiger partial charge is 0.124 e. The summed E-state index contributed by atoms with van der Waals surface area (Å²) in [5.41, 5.74) is 0.645. The summed E-state index contributed by atoms with van der Waals surface area (Å²) < 4.78 is 0. The fourth-order valence-corrected chi connectivity index (χ4v) is 3.15. The number of phenols is 2. The summed E-state index contributed by atoms with van der Waals surface area (Å²) >= 11 is 0. The molecule has 0 spiro atoms. The quantitative estimate of drug-likeness (QED) is 0.723. The Morgan fingerprint density at radius 2 is 2.05 bits per heavy atom. The van der Waals surface area contributed by atoms with Gasteiger partial charge in [0.1, 0.15) is 11.5 Å². The zero-order valence-corrected chi connectivity index (χ0v) is 13.2. The molecule has 0 bridgehead atoms. The monoisotopic (exact) mass is 292 g/mol. The van der Waals surface area contributed by atoms with Crippen molar-refractivity contribution in [3.63, 3.8) is 0 Å². The summed E-state index contributed by atoms with van der Waals surface area (Å²) in [7, 11) is 0. The minimum Gasteiger partial charge on any atom is -0.507 e. The molecule has 0 aromatic heterocycles. The molecule has 2 unspecified atom stereocenters. The van der Waals surface area contributed by atoms with Crippen molar-refractivity contribution in [1.82, 2.24) is 10.2 Å². The Morgan fingerprint density at radius 3 is 2.62 bits per heavy atom. The lowest BCUT2D eigenvalue weighted by Crippen LogP contribution is -2.39. The summed E-state index contributed by atoms with van der Waals surface area (Å²) in [6, 6.07) is 5.52. The molecule has 2 atom stereocenters. The Labute approximate surface area is 127 Å². The van der Waals surface area contributed by atoms with Gasteiger partial charge in [0.25, 0.3) is 0 Å². The Bertz CT molecular complexity index is 424. The van der Waals surface area contributed by atoms with Gasteiger partial charge in [-0.2, -0.15) is 0 Å². The van der Waals surface area contributed by atoms with Crippen LogP contribution in [-0.4, -0.2) is 40.8 Å². The Morgan fingerprint density at radius 1 is 1.33 bits per heavy atom. The molecular weight excluding hydrogens is 264 g/mol. The molecule has 2 rings (SSSR count). The van der Waals surface area contributed by atoms with Gasteiger partial charge in [-0.15, -0.1) is 0 Å². The fourth-order valence-electron chi connectivity index (χ4n) is 3.15. The van der Waals surface area contributed by atoms with E-state index in [0.717, 1.165) is 32.5 Å². The maximum Gasteiger partial charge on any atom is 0.124 e. The molecule has 1 aromatic rings. The van der Waals surface area contributed by atoms with Gasteiger partial charge in [-0.05, 0) is 51.4 Å². The number of rotatable bonds is 7. The lowest BCUT2D eigenvalue weighted by atomic mass is 10.0. The van der Waals surface area contributed by atoms with Crippen molar-refractivity contribution >= 4 is 0 Å². The van der Waals surface area contributed by atoms with Gasteiger partial charge in [0.2, 0.25) is 0 Å². The van der Waals surface area contributed by atoms with Gasteiger partial charge in [-0.25, -0.2) is 0 Å². The van der Waals surface area contributed by atoms with Crippen molar-refractivity contribution in [2.75, 3.05) is 19.6 Å². The van der Waals surface area contributed by atoms with Crippen LogP contribution < -0.4 is 5.32 Å². The molecule has 1 fully saturated rings. The lowest BCUT2D eigenvalue weighted by Gasteiger charge is -2.32. The minimum absolute atomic E-state index is 0.0140. The number of hydrogen-bond acceptors (Lipinski definition) is 4. The van der Waals surface area contributed by atoms with Crippen LogP contribution in [0.25, 0.3) is 0 Å². The molecule has 4 nitrogen and oxygen atoms in total. The highest BCUT2D eigenvalue weighted by molar-refractivity contribution is 5.45. The Kier molecular flexibility index (Phi) is 5.88. The van der Waals surface area contributed by atoms with Gasteiger partial charge in [0, 0.05) is 18.6 Å². The highest BCUT2D eigenvalue weighted by atomic mass is 16.3. The predicted octanol–water partition coefficient (Wildman–Crippen LogP) is 3.01. The largest absolute Gasteiger partial charge is 0.507 e. The van der Waals surface area contributed by atoms with E-state index in [-0.39, 0.29) is 17.5 Å². The van der Waals surface area contributed by atoms with Crippen molar-refractivity contribution in [3.8, 4) is 11.5 Å². The predicted molar refractivity (Wildman–Crippen MR) is 85.7 cm³/mol. The van der Waals surface area contributed by atoms with Crippen LogP contribution in [0.15, 0.2) is 18.2 Å². The van der Waals surface area contributed by atoms with Gasteiger partial charge in [0.05, 0.1) is 5.56 Å². The van der Waals surface area contributed by atoms with E-state index < -0.39 is 0 Å². The second-order valence-electron chi connectivity index (χ2n) is 6.03.